The Morgan fingerprint density at radius 3 is 2.62 bits per heavy atom. The van der Waals surface area contributed by atoms with Gasteiger partial charge in [-0.05, 0) is 49.9 Å². The van der Waals surface area contributed by atoms with Gasteiger partial charge >= 0.3 is 0 Å². The van der Waals surface area contributed by atoms with Crippen LogP contribution in [0.4, 0.5) is 5.82 Å². The summed E-state index contributed by atoms with van der Waals surface area (Å²) in [5, 5.41) is 5.75. The van der Waals surface area contributed by atoms with E-state index in [2.05, 4.69) is 24.3 Å². The van der Waals surface area contributed by atoms with Crippen LogP contribution in [0.1, 0.15) is 54.7 Å². The van der Waals surface area contributed by atoms with E-state index >= 15 is 0 Å². The van der Waals surface area contributed by atoms with Crippen molar-refractivity contribution >= 4 is 23.5 Å². The highest BCUT2D eigenvalue weighted by atomic mass is 32.2. The average Bonchev–Trinajstić information content (AvgIpc) is 3.03. The minimum Gasteiger partial charge on any atom is -0.489 e. The van der Waals surface area contributed by atoms with Crippen molar-refractivity contribution in [3.8, 4) is 5.75 Å². The summed E-state index contributed by atoms with van der Waals surface area (Å²) in [5.74, 6) is 1.52. The van der Waals surface area contributed by atoms with Gasteiger partial charge in [0.1, 0.15) is 18.2 Å². The van der Waals surface area contributed by atoms with Gasteiger partial charge in [-0.2, -0.15) is 0 Å². The number of hydrogen-bond acceptors (Lipinski definition) is 5. The van der Waals surface area contributed by atoms with Crippen LogP contribution in [0.15, 0.2) is 59.4 Å². The average molecular weight is 480 g/mol. The van der Waals surface area contributed by atoms with Crippen molar-refractivity contribution in [2.75, 3.05) is 17.7 Å². The molecule has 0 spiro atoms. The SMILES string of the molecule is CC1(C)C[C@@H](n2[nH]c(=O)c3c2NC(=O)CS[C@@H]3c2ccc(OCc3ccccc3)cc2)CCO1. The zero-order chi connectivity index (χ0) is 23.7. The van der Waals surface area contributed by atoms with Gasteiger partial charge in [0.2, 0.25) is 5.91 Å². The number of fused-ring (bicyclic) bond motifs is 1. The van der Waals surface area contributed by atoms with Gasteiger partial charge < -0.3 is 14.8 Å². The van der Waals surface area contributed by atoms with Crippen LogP contribution in [-0.2, 0) is 16.1 Å². The summed E-state index contributed by atoms with van der Waals surface area (Å²) in [7, 11) is 0. The number of ether oxygens (including phenoxy) is 2. The molecule has 1 saturated heterocycles. The molecule has 5 rings (SSSR count). The van der Waals surface area contributed by atoms with E-state index < -0.39 is 0 Å². The molecule has 8 heteroatoms. The van der Waals surface area contributed by atoms with Crippen LogP contribution in [0, 0.1) is 0 Å². The maximum Gasteiger partial charge on any atom is 0.270 e. The van der Waals surface area contributed by atoms with Gasteiger partial charge in [0.05, 0.1) is 28.2 Å². The maximum absolute atomic E-state index is 13.2. The number of carbonyl (C=O) groups excluding carboxylic acids is 1. The van der Waals surface area contributed by atoms with Crippen molar-refractivity contribution in [2.45, 2.75) is 50.2 Å². The van der Waals surface area contributed by atoms with Crippen LogP contribution in [0.5, 0.6) is 5.75 Å². The topological polar surface area (TPSA) is 85.4 Å². The van der Waals surface area contributed by atoms with E-state index in [0.29, 0.717) is 24.6 Å². The molecule has 7 nitrogen and oxygen atoms in total. The van der Waals surface area contributed by atoms with Crippen molar-refractivity contribution in [3.05, 3.63) is 81.6 Å². The molecular weight excluding hydrogens is 450 g/mol. The Labute approximate surface area is 202 Å². The quantitative estimate of drug-likeness (QED) is 0.556. The van der Waals surface area contributed by atoms with Crippen molar-refractivity contribution in [3.63, 3.8) is 0 Å². The van der Waals surface area contributed by atoms with Crippen molar-refractivity contribution in [1.29, 1.82) is 0 Å². The highest BCUT2D eigenvalue weighted by Gasteiger charge is 2.36. The molecule has 34 heavy (non-hydrogen) atoms. The fourth-order valence-electron chi connectivity index (χ4n) is 4.68. The number of H-pyrrole nitrogens is 1. The Kier molecular flexibility index (Phi) is 6.27. The van der Waals surface area contributed by atoms with Gasteiger partial charge in [-0.15, -0.1) is 11.8 Å². The maximum atomic E-state index is 13.2. The molecule has 3 heterocycles. The summed E-state index contributed by atoms with van der Waals surface area (Å²) in [4.78, 5) is 25.7. The Bertz CT molecular complexity index is 1220. The summed E-state index contributed by atoms with van der Waals surface area (Å²) < 4.78 is 13.6. The molecule has 1 amide bonds. The molecule has 1 aromatic heterocycles. The van der Waals surface area contributed by atoms with Gasteiger partial charge in [-0.1, -0.05) is 42.5 Å². The fraction of sp³-hybridized carbons (Fsp3) is 0.385. The lowest BCUT2D eigenvalue weighted by atomic mass is 9.94. The molecule has 0 bridgehead atoms. The number of aromatic nitrogens is 2. The van der Waals surface area contributed by atoms with Crippen molar-refractivity contribution in [2.24, 2.45) is 0 Å². The molecule has 1 fully saturated rings. The van der Waals surface area contributed by atoms with E-state index in [4.69, 9.17) is 9.47 Å². The number of rotatable bonds is 5. The third kappa shape index (κ3) is 4.79. The van der Waals surface area contributed by atoms with E-state index in [-0.39, 0.29) is 34.1 Å². The van der Waals surface area contributed by atoms with Gasteiger partial charge in [0, 0.05) is 6.61 Å². The van der Waals surface area contributed by atoms with Crippen LogP contribution >= 0.6 is 11.8 Å². The van der Waals surface area contributed by atoms with E-state index in [1.54, 1.807) is 0 Å². The standard InChI is InChI=1S/C26H29N3O4S/c1-26(2)14-19(12-13-33-26)29-24-22(25(31)28-29)23(34-16-21(30)27-24)18-8-10-20(11-9-18)32-15-17-6-4-3-5-7-17/h3-11,19,23H,12-16H2,1-2H3,(H,27,30)(H,28,31)/t19-,23+/m0/s1. The molecule has 3 aromatic rings. The Balaban J connectivity index is 1.42. The zero-order valence-electron chi connectivity index (χ0n) is 19.4. The number of benzene rings is 2. The second-order valence-electron chi connectivity index (χ2n) is 9.41. The normalized spacial score (nSPS) is 21.9. The number of anilines is 1. The van der Waals surface area contributed by atoms with Crippen molar-refractivity contribution in [1.82, 2.24) is 9.78 Å². The van der Waals surface area contributed by atoms with Crippen LogP contribution in [0.2, 0.25) is 0 Å². The third-order valence-electron chi connectivity index (χ3n) is 6.33. The molecule has 2 N–H and O–H groups in total. The first-order chi connectivity index (χ1) is 16.4. The molecule has 2 aromatic carbocycles. The van der Waals surface area contributed by atoms with Gasteiger partial charge in [0.15, 0.2) is 0 Å². The molecule has 0 aliphatic carbocycles. The molecule has 0 radical (unpaired) electrons. The summed E-state index contributed by atoms with van der Waals surface area (Å²) in [5.41, 5.74) is 2.21. The number of amides is 1. The first kappa shape index (κ1) is 22.8. The second kappa shape index (κ2) is 9.35. The molecule has 2 aliphatic heterocycles. The minimum absolute atomic E-state index is 0.0537. The number of thioether (sulfide) groups is 1. The molecule has 2 atom stereocenters. The van der Waals surface area contributed by atoms with E-state index in [1.807, 2.05) is 59.3 Å². The lowest BCUT2D eigenvalue weighted by Gasteiger charge is -2.36. The van der Waals surface area contributed by atoms with Crippen molar-refractivity contribution < 1.29 is 14.3 Å². The van der Waals surface area contributed by atoms with E-state index in [0.717, 1.165) is 29.7 Å². The predicted octanol–water partition coefficient (Wildman–Crippen LogP) is 4.66. The van der Waals surface area contributed by atoms with Crippen LogP contribution in [-0.4, -0.2) is 33.6 Å². The summed E-state index contributed by atoms with van der Waals surface area (Å²) >= 11 is 1.47. The third-order valence-corrected chi connectivity index (χ3v) is 7.60. The Morgan fingerprint density at radius 2 is 1.88 bits per heavy atom. The van der Waals surface area contributed by atoms with Gasteiger partial charge in [0.25, 0.3) is 5.56 Å². The summed E-state index contributed by atoms with van der Waals surface area (Å²) in [6.45, 7) is 5.21. The first-order valence-electron chi connectivity index (χ1n) is 11.6. The predicted molar refractivity (Wildman–Crippen MR) is 134 cm³/mol. The molecule has 2 aliphatic rings. The zero-order valence-corrected chi connectivity index (χ0v) is 20.2. The summed E-state index contributed by atoms with van der Waals surface area (Å²) in [6.07, 6.45) is 1.53. The lowest BCUT2D eigenvalue weighted by Crippen LogP contribution is -2.36. The molecule has 0 saturated carbocycles. The largest absolute Gasteiger partial charge is 0.489 e. The van der Waals surface area contributed by atoms with E-state index in [9.17, 15) is 9.59 Å². The van der Waals surface area contributed by atoms with Crippen LogP contribution < -0.4 is 15.6 Å². The number of hydrogen-bond donors (Lipinski definition) is 2. The van der Waals surface area contributed by atoms with E-state index in [1.165, 1.54) is 11.8 Å². The number of aromatic amines is 1. The van der Waals surface area contributed by atoms with Crippen LogP contribution in [0.25, 0.3) is 0 Å². The molecule has 0 unspecified atom stereocenters. The first-order valence-corrected chi connectivity index (χ1v) is 12.6. The molecular formula is C26H29N3O4S. The minimum atomic E-state index is -0.282. The molecule has 178 valence electrons. The van der Waals surface area contributed by atoms with Gasteiger partial charge in [-0.3, -0.25) is 19.4 Å². The summed E-state index contributed by atoms with van der Waals surface area (Å²) in [6, 6.07) is 17.9. The Hall–Kier alpha value is -2.97. The smallest absolute Gasteiger partial charge is 0.270 e. The van der Waals surface area contributed by atoms with Crippen LogP contribution in [0.3, 0.4) is 0 Å². The highest BCUT2D eigenvalue weighted by molar-refractivity contribution is 8.00. The number of nitrogens with zero attached hydrogens (tertiary/aromatic N) is 1. The lowest BCUT2D eigenvalue weighted by molar-refractivity contribution is -0.113. The second-order valence-corrected chi connectivity index (χ2v) is 10.5. The highest BCUT2D eigenvalue weighted by Crippen LogP contribution is 2.42. The Morgan fingerprint density at radius 1 is 1.12 bits per heavy atom. The fourth-order valence-corrected chi connectivity index (χ4v) is 5.81. The number of nitrogens with one attached hydrogen (secondary N) is 2. The number of carbonyl (C=O) groups is 1. The van der Waals surface area contributed by atoms with Gasteiger partial charge in [-0.25, -0.2) is 0 Å². The monoisotopic (exact) mass is 479 g/mol.